The maximum absolute atomic E-state index is 3.82. The van der Waals surface area contributed by atoms with Crippen molar-refractivity contribution in [3.63, 3.8) is 0 Å². The van der Waals surface area contributed by atoms with Gasteiger partial charge in [0, 0.05) is 6.20 Å². The van der Waals surface area contributed by atoms with Crippen LogP contribution >= 0.6 is 0 Å². The summed E-state index contributed by atoms with van der Waals surface area (Å²) in [5.41, 5.74) is 2.64. The molecule has 0 aromatic carbocycles. The molecule has 0 fully saturated rings. The maximum Gasteiger partial charge on any atom is 0.0673 e. The molecule has 52 valence electrons. The molecule has 0 aliphatic heterocycles. The summed E-state index contributed by atoms with van der Waals surface area (Å²) in [5, 5.41) is 7.47. The van der Waals surface area contributed by atoms with Crippen LogP contribution in [0.15, 0.2) is 22.6 Å². The minimum Gasteiger partial charge on any atom is -0.268 e. The fourth-order valence-electron chi connectivity index (χ4n) is 0.257. The number of allylic oxidation sites excluding steroid dienone is 1. The van der Waals surface area contributed by atoms with E-state index in [1.54, 1.807) is 6.20 Å². The zero-order valence-electron chi connectivity index (χ0n) is 6.13. The van der Waals surface area contributed by atoms with Crippen LogP contribution in [0.4, 0.5) is 0 Å². The van der Waals surface area contributed by atoms with E-state index in [9.17, 15) is 0 Å². The Morgan fingerprint density at radius 1 is 1.44 bits per heavy atom. The molecule has 9 heavy (non-hydrogen) atoms. The number of hydrogen-bond donors (Lipinski definition) is 1. The molecule has 0 aliphatic rings. The Kier molecular flexibility index (Phi) is 4.78. The van der Waals surface area contributed by atoms with Crippen LogP contribution in [0, 0.1) is 0 Å². The first-order valence-corrected chi connectivity index (χ1v) is 3.04. The van der Waals surface area contributed by atoms with Crippen LogP contribution in [0.5, 0.6) is 0 Å². The van der Waals surface area contributed by atoms with Crippen LogP contribution in [-0.4, -0.2) is 6.04 Å². The van der Waals surface area contributed by atoms with Crippen molar-refractivity contribution in [2.45, 2.75) is 26.8 Å². The van der Waals surface area contributed by atoms with E-state index in [1.807, 2.05) is 26.8 Å². The van der Waals surface area contributed by atoms with Crippen molar-refractivity contribution in [3.8, 4) is 0 Å². The van der Waals surface area contributed by atoms with Gasteiger partial charge in [0.2, 0.25) is 0 Å². The monoisotopic (exact) mass is 127 g/mol. The average molecular weight is 127 g/mol. The van der Waals surface area contributed by atoms with Crippen LogP contribution in [-0.2, 0) is 0 Å². The van der Waals surface area contributed by atoms with Gasteiger partial charge in [0.05, 0.1) is 6.04 Å². The molecule has 1 N–H and O–H groups in total. The molecule has 3 heteroatoms. The second-order valence-electron chi connectivity index (χ2n) is 1.94. The largest absolute Gasteiger partial charge is 0.268 e. The first-order chi connectivity index (χ1) is 4.27. The van der Waals surface area contributed by atoms with Crippen molar-refractivity contribution < 1.29 is 0 Å². The second kappa shape index (κ2) is 5.28. The van der Waals surface area contributed by atoms with Crippen LogP contribution in [0.3, 0.4) is 0 Å². The number of nitrogens with one attached hydrogen (secondary N) is 1. The quantitative estimate of drug-likeness (QED) is 0.456. The molecule has 0 saturated heterocycles. The molecule has 0 atom stereocenters. The predicted octanol–water partition coefficient (Wildman–Crippen LogP) is 1.89. The Hall–Kier alpha value is -0.860. The zero-order valence-corrected chi connectivity index (χ0v) is 6.13. The molecule has 0 bridgehead atoms. The van der Waals surface area contributed by atoms with Gasteiger partial charge in [-0.1, -0.05) is 11.3 Å². The van der Waals surface area contributed by atoms with E-state index in [0.29, 0.717) is 0 Å². The van der Waals surface area contributed by atoms with E-state index < -0.39 is 0 Å². The highest BCUT2D eigenvalue weighted by Gasteiger charge is 1.81. The highest BCUT2D eigenvalue weighted by atomic mass is 15.4. The number of nitrogens with zero attached hydrogens (tertiary/aromatic N) is 2. The summed E-state index contributed by atoms with van der Waals surface area (Å²) < 4.78 is 0. The molecular formula is C6H13N3. The van der Waals surface area contributed by atoms with Crippen molar-refractivity contribution in [2.24, 2.45) is 10.3 Å². The molecule has 0 aromatic rings. The predicted molar refractivity (Wildman–Crippen MR) is 37.9 cm³/mol. The summed E-state index contributed by atoms with van der Waals surface area (Å²) in [7, 11) is 0. The van der Waals surface area contributed by atoms with Gasteiger partial charge in [0.1, 0.15) is 0 Å². The number of rotatable bonds is 3. The zero-order chi connectivity index (χ0) is 7.11. The van der Waals surface area contributed by atoms with Crippen molar-refractivity contribution in [3.05, 3.63) is 12.3 Å². The Balaban J connectivity index is 3.25. The van der Waals surface area contributed by atoms with Crippen LogP contribution < -0.4 is 5.43 Å². The van der Waals surface area contributed by atoms with Crippen molar-refractivity contribution in [2.75, 3.05) is 0 Å². The van der Waals surface area contributed by atoms with Gasteiger partial charge in [0.25, 0.3) is 0 Å². The molecule has 0 amide bonds. The number of hydrogen-bond acceptors (Lipinski definition) is 2. The molecule has 0 aliphatic carbocycles. The molecule has 3 nitrogen and oxygen atoms in total. The second-order valence-corrected chi connectivity index (χ2v) is 1.94. The van der Waals surface area contributed by atoms with E-state index in [2.05, 4.69) is 15.8 Å². The Morgan fingerprint density at radius 2 is 2.11 bits per heavy atom. The van der Waals surface area contributed by atoms with Gasteiger partial charge in [-0.05, 0) is 20.8 Å². The third-order valence-electron chi connectivity index (χ3n) is 0.588. The van der Waals surface area contributed by atoms with E-state index in [0.717, 1.165) is 0 Å². The lowest BCUT2D eigenvalue weighted by molar-refractivity contribution is 0.707. The lowest BCUT2D eigenvalue weighted by atomic mass is 10.4. The summed E-state index contributed by atoms with van der Waals surface area (Å²) in [5.74, 6) is 0. The normalized spacial score (nSPS) is 12.0. The van der Waals surface area contributed by atoms with Crippen LogP contribution in [0.1, 0.15) is 20.8 Å². The third-order valence-corrected chi connectivity index (χ3v) is 0.588. The fourth-order valence-corrected chi connectivity index (χ4v) is 0.257. The van der Waals surface area contributed by atoms with E-state index in [-0.39, 0.29) is 6.04 Å². The Labute approximate surface area is 55.8 Å². The Morgan fingerprint density at radius 3 is 2.56 bits per heavy atom. The molecule has 0 rings (SSSR count). The summed E-state index contributed by atoms with van der Waals surface area (Å²) >= 11 is 0. The molecule has 0 radical (unpaired) electrons. The van der Waals surface area contributed by atoms with Gasteiger partial charge in [-0.25, -0.2) is 0 Å². The molecular weight excluding hydrogens is 114 g/mol. The SMILES string of the molecule is C/C=C\NN=NC(C)C. The topological polar surface area (TPSA) is 36.8 Å². The van der Waals surface area contributed by atoms with E-state index in [1.165, 1.54) is 0 Å². The van der Waals surface area contributed by atoms with Gasteiger partial charge >= 0.3 is 0 Å². The minimum absolute atomic E-state index is 0.266. The lowest BCUT2D eigenvalue weighted by Gasteiger charge is -1.90. The summed E-state index contributed by atoms with van der Waals surface area (Å²) in [6.07, 6.45) is 3.59. The van der Waals surface area contributed by atoms with Gasteiger partial charge in [-0.2, -0.15) is 5.11 Å². The van der Waals surface area contributed by atoms with Gasteiger partial charge in [-0.3, -0.25) is 5.43 Å². The molecule has 0 aromatic heterocycles. The highest BCUT2D eigenvalue weighted by molar-refractivity contribution is 4.70. The summed E-state index contributed by atoms with van der Waals surface area (Å²) in [4.78, 5) is 0. The van der Waals surface area contributed by atoms with Crippen LogP contribution in [0.25, 0.3) is 0 Å². The smallest absolute Gasteiger partial charge is 0.0673 e. The molecule has 0 heterocycles. The van der Waals surface area contributed by atoms with Crippen molar-refractivity contribution in [1.29, 1.82) is 0 Å². The van der Waals surface area contributed by atoms with Crippen molar-refractivity contribution in [1.82, 2.24) is 5.43 Å². The lowest BCUT2D eigenvalue weighted by Crippen LogP contribution is -1.93. The summed E-state index contributed by atoms with van der Waals surface area (Å²) in [6.45, 7) is 5.86. The van der Waals surface area contributed by atoms with E-state index >= 15 is 0 Å². The first-order valence-electron chi connectivity index (χ1n) is 3.04. The third kappa shape index (κ3) is 7.14. The summed E-state index contributed by atoms with van der Waals surface area (Å²) in [6, 6.07) is 0.266. The minimum atomic E-state index is 0.266. The average Bonchev–Trinajstić information content (AvgIpc) is 1.80. The molecule has 0 spiro atoms. The fraction of sp³-hybridized carbons (Fsp3) is 0.667. The Bertz CT molecular complexity index is 105. The van der Waals surface area contributed by atoms with Gasteiger partial charge < -0.3 is 0 Å². The van der Waals surface area contributed by atoms with Gasteiger partial charge in [0.15, 0.2) is 0 Å². The molecule has 0 saturated carbocycles. The molecule has 0 unspecified atom stereocenters. The van der Waals surface area contributed by atoms with Gasteiger partial charge in [-0.15, -0.1) is 0 Å². The van der Waals surface area contributed by atoms with E-state index in [4.69, 9.17) is 0 Å². The maximum atomic E-state index is 3.82. The highest BCUT2D eigenvalue weighted by Crippen LogP contribution is 1.83. The van der Waals surface area contributed by atoms with Crippen LogP contribution in [0.2, 0.25) is 0 Å². The first kappa shape index (κ1) is 8.14. The standard InChI is InChI=1S/C6H13N3/c1-4-5-7-9-8-6(2)3/h4-6H,1-3H3,(H,7,8)/b5-4-. The van der Waals surface area contributed by atoms with Crippen molar-refractivity contribution >= 4 is 0 Å².